The molecule has 0 saturated carbocycles. The van der Waals surface area contributed by atoms with E-state index in [0.717, 1.165) is 122 Å². The van der Waals surface area contributed by atoms with Crippen LogP contribution in [0.15, 0.2) is 134 Å². The number of phosphoric acid groups is 1. The molecule has 2 atom stereocenters. The Bertz CT molecular complexity index is 1880. The first-order valence-electron chi connectivity index (χ1n) is 33.9. The van der Waals surface area contributed by atoms with Crippen LogP contribution in [0, 0.1) is 0 Å². The Morgan fingerprint density at radius 1 is 0.369 bits per heavy atom. The Kier molecular flexibility index (Phi) is 60.7. The molecule has 0 radical (unpaired) electrons. The maximum absolute atomic E-state index is 12.9. The van der Waals surface area contributed by atoms with Crippen molar-refractivity contribution in [3.63, 3.8) is 0 Å². The molecule has 84 heavy (non-hydrogen) atoms. The molecule has 0 aliphatic rings. The fourth-order valence-corrected chi connectivity index (χ4v) is 9.77. The molecule has 2 unspecified atom stereocenters. The predicted molar refractivity (Wildman–Crippen MR) is 360 cm³/mol. The highest BCUT2D eigenvalue weighted by Crippen LogP contribution is 2.38. The van der Waals surface area contributed by atoms with E-state index in [-0.39, 0.29) is 26.1 Å². The van der Waals surface area contributed by atoms with Crippen molar-refractivity contribution in [1.29, 1.82) is 0 Å². The van der Waals surface area contributed by atoms with Gasteiger partial charge in [-0.05, 0) is 109 Å². The van der Waals surface area contributed by atoms with Gasteiger partial charge in [0, 0.05) is 12.8 Å². The molecule has 0 aromatic heterocycles. The number of likely N-dealkylation sites (N-methyl/N-ethyl adjacent to an activating group) is 1. The Balaban J connectivity index is 4.08. The molecule has 480 valence electrons. The Morgan fingerprint density at radius 3 is 0.952 bits per heavy atom. The molecule has 0 spiro atoms. The zero-order chi connectivity index (χ0) is 61.2. The second kappa shape index (κ2) is 63.6. The quantitative estimate of drug-likeness (QED) is 0.0195. The van der Waals surface area contributed by atoms with E-state index in [9.17, 15) is 19.0 Å². The minimum atomic E-state index is -4.65. The fourth-order valence-electron chi connectivity index (χ4n) is 9.04. The van der Waals surface area contributed by atoms with Crippen molar-refractivity contribution >= 4 is 19.8 Å². The Labute approximate surface area is 517 Å². The topological polar surface area (TPSA) is 111 Å². The van der Waals surface area contributed by atoms with Gasteiger partial charge < -0.3 is 27.9 Å². The molecule has 0 aromatic carbocycles. The summed E-state index contributed by atoms with van der Waals surface area (Å²) in [5, 5.41) is 0. The smallest absolute Gasteiger partial charge is 0.306 e. The average molecular weight is 1190 g/mol. The van der Waals surface area contributed by atoms with E-state index in [1.807, 2.05) is 21.1 Å². The summed E-state index contributed by atoms with van der Waals surface area (Å²) in [5.74, 6) is -0.841. The van der Waals surface area contributed by atoms with Crippen molar-refractivity contribution in [3.8, 4) is 0 Å². The molecule has 0 saturated heterocycles. The van der Waals surface area contributed by atoms with Crippen LogP contribution >= 0.6 is 7.82 Å². The Morgan fingerprint density at radius 2 is 0.643 bits per heavy atom. The molecule has 0 N–H and O–H groups in total. The van der Waals surface area contributed by atoms with Crippen LogP contribution in [0.5, 0.6) is 0 Å². The van der Waals surface area contributed by atoms with Gasteiger partial charge in [0.1, 0.15) is 19.8 Å². The van der Waals surface area contributed by atoms with Gasteiger partial charge in [-0.2, -0.15) is 0 Å². The molecule has 0 aliphatic heterocycles. The van der Waals surface area contributed by atoms with Gasteiger partial charge in [-0.1, -0.05) is 282 Å². The molecule has 0 bridgehead atoms. The summed E-state index contributed by atoms with van der Waals surface area (Å²) < 4.78 is 34.3. The van der Waals surface area contributed by atoms with E-state index < -0.39 is 32.5 Å². The van der Waals surface area contributed by atoms with Crippen molar-refractivity contribution in [2.75, 3.05) is 47.5 Å². The number of nitrogens with zero attached hydrogens (tertiary/aromatic N) is 1. The third-order valence-electron chi connectivity index (χ3n) is 14.2. The van der Waals surface area contributed by atoms with Crippen LogP contribution < -0.4 is 4.89 Å². The van der Waals surface area contributed by atoms with Crippen LogP contribution in [0.3, 0.4) is 0 Å². The first-order valence-corrected chi connectivity index (χ1v) is 35.4. The van der Waals surface area contributed by atoms with Gasteiger partial charge in [0.25, 0.3) is 7.82 Å². The molecule has 9 nitrogen and oxygen atoms in total. The summed E-state index contributed by atoms with van der Waals surface area (Å²) in [5.41, 5.74) is 0. The SMILES string of the molecule is CC/C=C\C/C=C\C/C=C\C/C=C\C/C=C\C/C=C\CCCCCCCCCCCCCCCCCCC(=O)OC(COC(=O)CCCCCCCCCCC/C=C\C/C=C\C/C=C\C/C=C\C/C=C\CC)COP(=O)([O-])OCC[N+](C)(C)C. The third kappa shape index (κ3) is 67.3. The van der Waals surface area contributed by atoms with Crippen molar-refractivity contribution in [1.82, 2.24) is 0 Å². The van der Waals surface area contributed by atoms with Crippen molar-refractivity contribution < 1.29 is 42.1 Å². The van der Waals surface area contributed by atoms with Crippen LogP contribution in [0.1, 0.15) is 271 Å². The first-order chi connectivity index (χ1) is 41.0. The lowest BCUT2D eigenvalue weighted by Crippen LogP contribution is -2.37. The molecule has 0 aliphatic carbocycles. The van der Waals surface area contributed by atoms with Crippen molar-refractivity contribution in [2.24, 2.45) is 0 Å². The number of phosphoric ester groups is 1. The van der Waals surface area contributed by atoms with Gasteiger partial charge in [-0.3, -0.25) is 14.2 Å². The standard InChI is InChI=1S/C74H126NO8P/c1-6-8-10-12-14-16-18-20-22-24-26-28-30-32-33-34-35-36-37-38-39-40-41-43-45-47-49-51-53-55-57-59-61-63-65-67-74(77)83-72(71-82-84(78,79)81-69-68-75(3,4)5)70-80-73(76)66-64-62-60-58-56-54-52-50-48-46-44-42-31-29-27-25-23-21-19-17-15-13-11-9-7-2/h8-11,14-17,20-23,26-29,32-33,35-36,42,44,72H,6-7,12-13,18-19,24-25,30-31,34,37-41,43,45-71H2,1-5H3/b10-8-,11-9-,16-14-,17-15-,22-20-,23-21-,28-26-,29-27-,33-32-,36-35-,44-42-. The summed E-state index contributed by atoms with van der Waals surface area (Å²) >= 11 is 0. The fraction of sp³-hybridized carbons (Fsp3) is 0.676. The zero-order valence-electron chi connectivity index (χ0n) is 54.6. The molecule has 0 fully saturated rings. The highest BCUT2D eigenvalue weighted by atomic mass is 31.2. The van der Waals surface area contributed by atoms with Gasteiger partial charge in [0.05, 0.1) is 27.7 Å². The molecule has 0 rings (SSSR count). The van der Waals surface area contributed by atoms with E-state index in [1.165, 1.54) is 116 Å². The van der Waals surface area contributed by atoms with Crippen LogP contribution in [-0.4, -0.2) is 70.0 Å². The molecular formula is C74H126NO8P. The van der Waals surface area contributed by atoms with E-state index in [1.54, 1.807) is 0 Å². The van der Waals surface area contributed by atoms with Gasteiger partial charge in [0.2, 0.25) is 0 Å². The lowest BCUT2D eigenvalue weighted by atomic mass is 10.0. The van der Waals surface area contributed by atoms with Crippen molar-refractivity contribution in [2.45, 2.75) is 277 Å². The van der Waals surface area contributed by atoms with Crippen LogP contribution in [0.4, 0.5) is 0 Å². The molecule has 0 amide bonds. The van der Waals surface area contributed by atoms with E-state index >= 15 is 0 Å². The van der Waals surface area contributed by atoms with Gasteiger partial charge >= 0.3 is 11.9 Å². The second-order valence-corrected chi connectivity index (χ2v) is 24.8. The summed E-state index contributed by atoms with van der Waals surface area (Å²) in [7, 11) is 1.15. The molecule has 10 heteroatoms. The maximum atomic E-state index is 12.9. The van der Waals surface area contributed by atoms with E-state index in [4.69, 9.17) is 18.5 Å². The monoisotopic (exact) mass is 1190 g/mol. The highest BCUT2D eigenvalue weighted by molar-refractivity contribution is 7.45. The Hall–Kier alpha value is -3.85. The van der Waals surface area contributed by atoms with Gasteiger partial charge in [0.15, 0.2) is 6.10 Å². The lowest BCUT2D eigenvalue weighted by Gasteiger charge is -2.28. The van der Waals surface area contributed by atoms with E-state index in [2.05, 4.69) is 148 Å². The number of carbonyl (C=O) groups is 2. The van der Waals surface area contributed by atoms with Crippen LogP contribution in [0.25, 0.3) is 0 Å². The third-order valence-corrected chi connectivity index (χ3v) is 15.1. The summed E-state index contributed by atoms with van der Waals surface area (Å²) in [6, 6.07) is 0. The molecular weight excluding hydrogens is 1060 g/mol. The molecule has 0 heterocycles. The largest absolute Gasteiger partial charge is 0.756 e. The number of carbonyl (C=O) groups excluding carboxylic acids is 2. The first kappa shape index (κ1) is 80.2. The minimum absolute atomic E-state index is 0.0371. The van der Waals surface area contributed by atoms with Crippen LogP contribution in [0.2, 0.25) is 0 Å². The predicted octanol–water partition coefficient (Wildman–Crippen LogP) is 21.4. The summed E-state index contributed by atoms with van der Waals surface area (Å²) in [4.78, 5) is 38.0. The zero-order valence-corrected chi connectivity index (χ0v) is 55.4. The lowest BCUT2D eigenvalue weighted by molar-refractivity contribution is -0.870. The number of quaternary nitrogens is 1. The van der Waals surface area contributed by atoms with Gasteiger partial charge in [-0.15, -0.1) is 0 Å². The normalized spacial score (nSPS) is 14.0. The summed E-state index contributed by atoms with van der Waals surface area (Å²) in [6.45, 7) is 4.01. The van der Waals surface area contributed by atoms with Crippen molar-refractivity contribution in [3.05, 3.63) is 134 Å². The number of hydrogen-bond donors (Lipinski definition) is 0. The maximum Gasteiger partial charge on any atom is 0.306 e. The second-order valence-electron chi connectivity index (χ2n) is 23.4. The highest BCUT2D eigenvalue weighted by Gasteiger charge is 2.22. The number of esters is 2. The number of allylic oxidation sites excluding steroid dienone is 22. The number of hydrogen-bond acceptors (Lipinski definition) is 8. The van der Waals surface area contributed by atoms with Crippen LogP contribution in [-0.2, 0) is 32.7 Å². The van der Waals surface area contributed by atoms with E-state index in [0.29, 0.717) is 17.4 Å². The van der Waals surface area contributed by atoms with Gasteiger partial charge in [-0.25, -0.2) is 0 Å². The number of ether oxygens (including phenoxy) is 2. The molecule has 0 aromatic rings. The average Bonchev–Trinajstić information content (AvgIpc) is 3.61. The summed E-state index contributed by atoms with van der Waals surface area (Å²) in [6.07, 6.45) is 92.3. The minimum Gasteiger partial charge on any atom is -0.756 e. The number of rotatable bonds is 61. The number of unbranched alkanes of at least 4 members (excludes halogenated alkanes) is 25.